The van der Waals surface area contributed by atoms with Crippen LogP contribution in [0.15, 0.2) is 41.2 Å². The molecule has 9 nitrogen and oxygen atoms in total. The van der Waals surface area contributed by atoms with Crippen molar-refractivity contribution in [2.24, 2.45) is 5.92 Å². The highest BCUT2D eigenvalue weighted by atomic mass is 19.1. The van der Waals surface area contributed by atoms with E-state index in [9.17, 15) is 23.6 Å². The lowest BCUT2D eigenvalue weighted by Crippen LogP contribution is -2.47. The number of carbonyl (C=O) groups is 3. The van der Waals surface area contributed by atoms with E-state index >= 15 is 0 Å². The number of amides is 2. The minimum atomic E-state index is -0.548. The van der Waals surface area contributed by atoms with Crippen molar-refractivity contribution >= 4 is 17.8 Å². The van der Waals surface area contributed by atoms with Crippen LogP contribution in [0.5, 0.6) is 0 Å². The lowest BCUT2D eigenvalue weighted by Gasteiger charge is -2.32. The second kappa shape index (κ2) is 10.2. The number of halogens is 1. The van der Waals surface area contributed by atoms with Crippen LogP contribution in [0.2, 0.25) is 0 Å². The number of aromatic nitrogens is 2. The van der Waals surface area contributed by atoms with Crippen LogP contribution in [0, 0.1) is 11.7 Å². The zero-order chi connectivity index (χ0) is 23.3. The Morgan fingerprint density at radius 3 is 2.59 bits per heavy atom. The Balaban J connectivity index is 1.68. The molecule has 2 aromatic rings. The molecule has 2 heterocycles. The number of esters is 1. The largest absolute Gasteiger partial charge is 0.466 e. The average molecular weight is 444 g/mol. The van der Waals surface area contributed by atoms with Gasteiger partial charge in [-0.25, -0.2) is 4.39 Å². The molecule has 1 aliphatic heterocycles. The third-order valence-corrected chi connectivity index (χ3v) is 5.20. The van der Waals surface area contributed by atoms with E-state index in [0.717, 1.165) is 4.68 Å². The summed E-state index contributed by atoms with van der Waals surface area (Å²) in [4.78, 5) is 52.4. The quantitative estimate of drug-likeness (QED) is 0.622. The van der Waals surface area contributed by atoms with E-state index in [1.165, 1.54) is 48.3 Å². The number of likely N-dealkylation sites (N-methyl/N-ethyl adjacent to an activating group) is 1. The first-order valence-electron chi connectivity index (χ1n) is 10.4. The molecule has 10 heteroatoms. The minimum absolute atomic E-state index is 0.0349. The molecule has 170 valence electrons. The van der Waals surface area contributed by atoms with Gasteiger partial charge in [-0.1, -0.05) is 0 Å². The predicted molar refractivity (Wildman–Crippen MR) is 113 cm³/mol. The molecule has 1 aromatic carbocycles. The number of ether oxygens (including phenoxy) is 1. The van der Waals surface area contributed by atoms with Gasteiger partial charge in [-0.15, -0.1) is 0 Å². The fraction of sp³-hybridized carbons (Fsp3) is 0.409. The van der Waals surface area contributed by atoms with Gasteiger partial charge >= 0.3 is 5.97 Å². The molecule has 1 aliphatic rings. The van der Waals surface area contributed by atoms with E-state index in [0.29, 0.717) is 25.1 Å². The van der Waals surface area contributed by atoms with Gasteiger partial charge in [0, 0.05) is 26.2 Å². The normalized spacial score (nSPS) is 15.8. The topological polar surface area (TPSA) is 102 Å². The predicted octanol–water partition coefficient (Wildman–Crippen LogP) is 1.25. The van der Waals surface area contributed by atoms with E-state index in [-0.39, 0.29) is 43.2 Å². The summed E-state index contributed by atoms with van der Waals surface area (Å²) in [5.74, 6) is -1.98. The molecule has 0 radical (unpaired) electrons. The molecule has 0 aliphatic carbocycles. The number of carbonyl (C=O) groups excluding carboxylic acids is 3. The zero-order valence-electron chi connectivity index (χ0n) is 18.0. The standard InChI is InChI=1S/C22H25FN4O5/c1-3-32-22(31)15-5-4-12-26(13-15)20(29)14-25(2)21(30)18-10-11-19(28)27(24-18)17-8-6-16(23)7-9-17/h6-11,15H,3-5,12-14H2,1-2H3. The van der Waals surface area contributed by atoms with Crippen LogP contribution in [0.4, 0.5) is 4.39 Å². The minimum Gasteiger partial charge on any atom is -0.466 e. The van der Waals surface area contributed by atoms with Gasteiger partial charge in [0.1, 0.15) is 11.5 Å². The Bertz CT molecular complexity index is 1050. The van der Waals surface area contributed by atoms with Crippen molar-refractivity contribution in [3.63, 3.8) is 0 Å². The second-order valence-electron chi connectivity index (χ2n) is 7.54. The van der Waals surface area contributed by atoms with E-state index in [1.807, 2.05) is 0 Å². The molecule has 0 N–H and O–H groups in total. The summed E-state index contributed by atoms with van der Waals surface area (Å²) in [6.45, 7) is 2.58. The van der Waals surface area contributed by atoms with Gasteiger partial charge in [0.15, 0.2) is 0 Å². The number of hydrogen-bond acceptors (Lipinski definition) is 6. The number of piperidine rings is 1. The van der Waals surface area contributed by atoms with Gasteiger partial charge in [-0.3, -0.25) is 19.2 Å². The van der Waals surface area contributed by atoms with Gasteiger partial charge in [0.2, 0.25) is 5.91 Å². The summed E-state index contributed by atoms with van der Waals surface area (Å²) in [5, 5.41) is 4.07. The van der Waals surface area contributed by atoms with Gasteiger partial charge in [-0.05, 0) is 50.1 Å². The van der Waals surface area contributed by atoms with Gasteiger partial charge in [0.05, 0.1) is 24.8 Å². The second-order valence-corrected chi connectivity index (χ2v) is 7.54. The van der Waals surface area contributed by atoms with Crippen molar-refractivity contribution in [2.75, 3.05) is 33.3 Å². The smallest absolute Gasteiger partial charge is 0.310 e. The fourth-order valence-corrected chi connectivity index (χ4v) is 3.52. The van der Waals surface area contributed by atoms with Crippen molar-refractivity contribution < 1.29 is 23.5 Å². The van der Waals surface area contributed by atoms with Crippen LogP contribution < -0.4 is 5.56 Å². The first-order valence-corrected chi connectivity index (χ1v) is 10.4. The SMILES string of the molecule is CCOC(=O)C1CCCN(C(=O)CN(C)C(=O)c2ccc(=O)n(-c3ccc(F)cc3)n2)C1. The lowest BCUT2D eigenvalue weighted by atomic mass is 9.98. The summed E-state index contributed by atoms with van der Waals surface area (Å²) < 4.78 is 19.2. The van der Waals surface area contributed by atoms with Crippen LogP contribution in [-0.4, -0.2) is 70.7 Å². The average Bonchev–Trinajstić information content (AvgIpc) is 2.79. The third kappa shape index (κ3) is 5.37. The number of nitrogens with zero attached hydrogens (tertiary/aromatic N) is 4. The fourth-order valence-electron chi connectivity index (χ4n) is 3.52. The molecule has 0 spiro atoms. The molecular formula is C22H25FN4O5. The maximum atomic E-state index is 13.2. The maximum absolute atomic E-state index is 13.2. The summed E-state index contributed by atoms with van der Waals surface area (Å²) in [7, 11) is 1.46. The van der Waals surface area contributed by atoms with E-state index in [2.05, 4.69) is 5.10 Å². The van der Waals surface area contributed by atoms with Crippen LogP contribution >= 0.6 is 0 Å². The van der Waals surface area contributed by atoms with Crippen LogP contribution in [-0.2, 0) is 14.3 Å². The molecule has 1 fully saturated rings. The lowest BCUT2D eigenvalue weighted by molar-refractivity contribution is -0.151. The maximum Gasteiger partial charge on any atom is 0.310 e. The molecule has 2 amide bonds. The first-order chi connectivity index (χ1) is 15.3. The Hall–Kier alpha value is -3.56. The van der Waals surface area contributed by atoms with Crippen LogP contribution in [0.25, 0.3) is 5.69 Å². The summed E-state index contributed by atoms with van der Waals surface area (Å²) in [6.07, 6.45) is 1.34. The van der Waals surface area contributed by atoms with Crippen molar-refractivity contribution in [1.29, 1.82) is 0 Å². The molecule has 0 bridgehead atoms. The monoisotopic (exact) mass is 444 g/mol. The van der Waals surface area contributed by atoms with Crippen molar-refractivity contribution in [1.82, 2.24) is 19.6 Å². The van der Waals surface area contributed by atoms with Crippen molar-refractivity contribution in [2.45, 2.75) is 19.8 Å². The molecule has 1 aromatic heterocycles. The number of benzene rings is 1. The summed E-state index contributed by atoms with van der Waals surface area (Å²) in [5.41, 5.74) is -0.208. The van der Waals surface area contributed by atoms with Crippen molar-refractivity contribution in [3.8, 4) is 5.69 Å². The Morgan fingerprint density at radius 1 is 1.19 bits per heavy atom. The molecule has 1 unspecified atom stereocenters. The highest BCUT2D eigenvalue weighted by Gasteiger charge is 2.30. The Morgan fingerprint density at radius 2 is 1.91 bits per heavy atom. The molecule has 1 saturated heterocycles. The van der Waals surface area contributed by atoms with Crippen LogP contribution in [0.1, 0.15) is 30.3 Å². The summed E-state index contributed by atoms with van der Waals surface area (Å²) in [6, 6.07) is 7.59. The number of rotatable bonds is 6. The third-order valence-electron chi connectivity index (χ3n) is 5.20. The first kappa shape index (κ1) is 23.1. The number of hydrogen-bond donors (Lipinski definition) is 0. The highest BCUT2D eigenvalue weighted by Crippen LogP contribution is 2.18. The van der Waals surface area contributed by atoms with E-state index in [4.69, 9.17) is 4.74 Å². The van der Waals surface area contributed by atoms with Gasteiger partial charge in [-0.2, -0.15) is 9.78 Å². The molecule has 1 atom stereocenters. The zero-order valence-corrected chi connectivity index (χ0v) is 18.0. The van der Waals surface area contributed by atoms with Crippen molar-refractivity contribution in [3.05, 3.63) is 58.3 Å². The molecular weight excluding hydrogens is 419 g/mol. The molecule has 32 heavy (non-hydrogen) atoms. The van der Waals surface area contributed by atoms with E-state index in [1.54, 1.807) is 11.8 Å². The van der Waals surface area contributed by atoms with E-state index < -0.39 is 17.3 Å². The summed E-state index contributed by atoms with van der Waals surface area (Å²) >= 11 is 0. The van der Waals surface area contributed by atoms with Crippen LogP contribution in [0.3, 0.4) is 0 Å². The highest BCUT2D eigenvalue weighted by molar-refractivity contribution is 5.94. The Labute approximate surface area is 184 Å². The molecule has 0 saturated carbocycles. The number of likely N-dealkylation sites (tertiary alicyclic amines) is 1. The molecule has 3 rings (SSSR count). The van der Waals surface area contributed by atoms with Gasteiger partial charge < -0.3 is 14.5 Å². The van der Waals surface area contributed by atoms with Gasteiger partial charge in [0.25, 0.3) is 11.5 Å². The Kier molecular flexibility index (Phi) is 7.34.